The van der Waals surface area contributed by atoms with E-state index < -0.39 is 0 Å². The number of hydrogen-bond donors (Lipinski definition) is 1. The van der Waals surface area contributed by atoms with Gasteiger partial charge in [0.1, 0.15) is 5.52 Å². The normalized spacial score (nSPS) is 11.5. The third-order valence-electron chi connectivity index (χ3n) is 5.19. The van der Waals surface area contributed by atoms with E-state index in [1.807, 2.05) is 37.3 Å². The number of nitrogens with zero attached hydrogens (tertiary/aromatic N) is 4. The number of hydrogen-bond acceptors (Lipinski definition) is 5. The maximum Gasteiger partial charge on any atom is 0.234 e. The van der Waals surface area contributed by atoms with Gasteiger partial charge in [0, 0.05) is 17.6 Å². The summed E-state index contributed by atoms with van der Waals surface area (Å²) >= 11 is 1.30. The van der Waals surface area contributed by atoms with Crippen molar-refractivity contribution in [3.8, 4) is 0 Å². The first kappa shape index (κ1) is 20.3. The van der Waals surface area contributed by atoms with Crippen molar-refractivity contribution in [2.75, 3.05) is 11.1 Å². The second-order valence-corrected chi connectivity index (χ2v) is 8.50. The molecule has 1 amide bonds. The molecule has 0 aliphatic rings. The van der Waals surface area contributed by atoms with Crippen LogP contribution in [0.25, 0.3) is 22.1 Å². The van der Waals surface area contributed by atoms with Crippen LogP contribution in [0.2, 0.25) is 0 Å². The van der Waals surface area contributed by atoms with E-state index >= 15 is 0 Å². The summed E-state index contributed by atoms with van der Waals surface area (Å²) in [6.45, 7) is 9.14. The van der Waals surface area contributed by atoms with Gasteiger partial charge in [-0.2, -0.15) is 0 Å². The summed E-state index contributed by atoms with van der Waals surface area (Å²) in [6.07, 6.45) is 0. The third kappa shape index (κ3) is 3.77. The quantitative estimate of drug-likeness (QED) is 0.437. The maximum absolute atomic E-state index is 12.6. The van der Waals surface area contributed by atoms with Crippen molar-refractivity contribution in [2.24, 2.45) is 0 Å². The van der Waals surface area contributed by atoms with Crippen LogP contribution in [0, 0.1) is 6.92 Å². The van der Waals surface area contributed by atoms with Crippen LogP contribution < -0.4 is 5.32 Å². The van der Waals surface area contributed by atoms with Gasteiger partial charge in [0.25, 0.3) is 0 Å². The van der Waals surface area contributed by atoms with E-state index in [1.165, 1.54) is 11.8 Å². The minimum absolute atomic E-state index is 0.0732. The van der Waals surface area contributed by atoms with Gasteiger partial charge in [-0.1, -0.05) is 62.0 Å². The fourth-order valence-electron chi connectivity index (χ4n) is 3.72. The molecule has 0 saturated carbocycles. The van der Waals surface area contributed by atoms with Crippen molar-refractivity contribution in [1.82, 2.24) is 19.7 Å². The van der Waals surface area contributed by atoms with Crippen molar-refractivity contribution in [3.63, 3.8) is 0 Å². The molecule has 2 aromatic heterocycles. The highest BCUT2D eigenvalue weighted by molar-refractivity contribution is 7.99. The molecule has 6 nitrogen and oxygen atoms in total. The second kappa shape index (κ2) is 8.44. The van der Waals surface area contributed by atoms with E-state index in [9.17, 15) is 4.79 Å². The van der Waals surface area contributed by atoms with Crippen LogP contribution in [0.3, 0.4) is 0 Å². The van der Waals surface area contributed by atoms with Crippen LogP contribution in [0.5, 0.6) is 0 Å². The molecule has 4 aromatic rings. The smallest absolute Gasteiger partial charge is 0.234 e. The molecule has 0 atom stereocenters. The summed E-state index contributed by atoms with van der Waals surface area (Å²) in [5.74, 6) is 0.487. The van der Waals surface area contributed by atoms with Crippen LogP contribution in [-0.4, -0.2) is 31.4 Å². The van der Waals surface area contributed by atoms with E-state index in [0.29, 0.717) is 11.1 Å². The van der Waals surface area contributed by atoms with Gasteiger partial charge in [0.2, 0.25) is 11.1 Å². The van der Waals surface area contributed by atoms with Gasteiger partial charge in [-0.25, -0.2) is 4.98 Å². The van der Waals surface area contributed by atoms with E-state index in [1.54, 1.807) is 0 Å². The molecule has 0 spiro atoms. The Hall–Kier alpha value is -2.93. The second-order valence-electron chi connectivity index (χ2n) is 7.56. The Morgan fingerprint density at radius 2 is 1.93 bits per heavy atom. The van der Waals surface area contributed by atoms with Gasteiger partial charge in [0.05, 0.1) is 11.3 Å². The van der Waals surface area contributed by atoms with Crippen molar-refractivity contribution in [2.45, 2.75) is 45.3 Å². The van der Waals surface area contributed by atoms with Crippen LogP contribution in [0.4, 0.5) is 5.69 Å². The Morgan fingerprint density at radius 3 is 2.70 bits per heavy atom. The Labute approximate surface area is 180 Å². The van der Waals surface area contributed by atoms with Crippen LogP contribution in [0.1, 0.15) is 37.8 Å². The van der Waals surface area contributed by atoms with Gasteiger partial charge in [-0.15, -0.1) is 10.2 Å². The Kier molecular flexibility index (Phi) is 5.72. The zero-order valence-electron chi connectivity index (χ0n) is 17.6. The fourth-order valence-corrected chi connectivity index (χ4v) is 4.30. The predicted octanol–water partition coefficient (Wildman–Crippen LogP) is 5.16. The van der Waals surface area contributed by atoms with E-state index in [4.69, 9.17) is 4.98 Å². The first-order valence-electron chi connectivity index (χ1n) is 10.1. The number of fused-ring (bicyclic) bond motifs is 3. The number of amides is 1. The molecule has 0 saturated heterocycles. The largest absolute Gasteiger partial charge is 0.325 e. The molecule has 30 heavy (non-hydrogen) atoms. The van der Waals surface area contributed by atoms with E-state index in [2.05, 4.69) is 53.0 Å². The molecule has 0 fully saturated rings. The lowest BCUT2D eigenvalue weighted by molar-refractivity contribution is -0.113. The molecule has 0 aliphatic heterocycles. The minimum atomic E-state index is -0.0732. The molecule has 1 N–H and O–H groups in total. The molecule has 0 unspecified atom stereocenters. The summed E-state index contributed by atoms with van der Waals surface area (Å²) in [7, 11) is 0. The molecule has 7 heteroatoms. The number of aromatic nitrogens is 4. The lowest BCUT2D eigenvalue weighted by atomic mass is 9.98. The molecule has 0 aliphatic carbocycles. The van der Waals surface area contributed by atoms with Gasteiger partial charge in [-0.05, 0) is 37.0 Å². The predicted molar refractivity (Wildman–Crippen MR) is 123 cm³/mol. The topological polar surface area (TPSA) is 72.7 Å². The number of rotatable bonds is 6. The summed E-state index contributed by atoms with van der Waals surface area (Å²) in [6, 6.07) is 14.2. The molecule has 0 radical (unpaired) electrons. The average Bonchev–Trinajstić information content (AvgIpc) is 3.06. The summed E-state index contributed by atoms with van der Waals surface area (Å²) < 4.78 is 2.13. The molecule has 2 aromatic carbocycles. The number of carbonyl (C=O) groups is 1. The van der Waals surface area contributed by atoms with Crippen LogP contribution in [-0.2, 0) is 11.3 Å². The third-order valence-corrected chi connectivity index (χ3v) is 6.03. The number of para-hydroxylation sites is 2. The van der Waals surface area contributed by atoms with Gasteiger partial charge < -0.3 is 9.88 Å². The number of carbonyl (C=O) groups excluding carboxylic acids is 1. The van der Waals surface area contributed by atoms with Crippen molar-refractivity contribution >= 4 is 45.4 Å². The van der Waals surface area contributed by atoms with Crippen molar-refractivity contribution in [1.29, 1.82) is 0 Å². The number of anilines is 1. The molecule has 4 rings (SSSR count). The summed E-state index contributed by atoms with van der Waals surface area (Å²) in [5, 5.41) is 13.3. The van der Waals surface area contributed by atoms with Gasteiger partial charge >= 0.3 is 0 Å². The zero-order chi connectivity index (χ0) is 21.3. The van der Waals surface area contributed by atoms with E-state index in [0.717, 1.165) is 45.4 Å². The Balaban J connectivity index is 1.54. The number of aryl methyl sites for hydroxylation is 2. The molecule has 0 bridgehead atoms. The lowest BCUT2D eigenvalue weighted by Gasteiger charge is -2.16. The SMILES string of the molecule is CCn1c2ccccc2c2nnc(SCC(=O)Nc3c(C)cccc3C(C)C)nc21. The van der Waals surface area contributed by atoms with Crippen molar-refractivity contribution < 1.29 is 4.79 Å². The maximum atomic E-state index is 12.6. The van der Waals surface area contributed by atoms with Gasteiger partial charge in [0.15, 0.2) is 5.65 Å². The number of thioether (sulfide) groups is 1. The number of benzene rings is 2. The first-order chi connectivity index (χ1) is 14.5. The standard InChI is InChI=1S/C23H25N5OS/c1-5-28-18-12-7-6-10-17(18)21-22(28)25-23(27-26-21)30-13-19(29)24-20-15(4)9-8-11-16(20)14(2)3/h6-12,14H,5,13H2,1-4H3,(H,24,29). The van der Waals surface area contributed by atoms with Crippen LogP contribution >= 0.6 is 11.8 Å². The highest BCUT2D eigenvalue weighted by Crippen LogP contribution is 2.29. The molecule has 154 valence electrons. The monoisotopic (exact) mass is 419 g/mol. The summed E-state index contributed by atoms with van der Waals surface area (Å²) in [4.78, 5) is 17.3. The minimum Gasteiger partial charge on any atom is -0.325 e. The van der Waals surface area contributed by atoms with Gasteiger partial charge in [-0.3, -0.25) is 4.79 Å². The van der Waals surface area contributed by atoms with Crippen molar-refractivity contribution in [3.05, 3.63) is 53.6 Å². The Morgan fingerprint density at radius 1 is 1.13 bits per heavy atom. The van der Waals surface area contributed by atoms with Crippen LogP contribution in [0.15, 0.2) is 47.6 Å². The molecular weight excluding hydrogens is 394 g/mol. The fraction of sp³-hybridized carbons (Fsp3) is 0.304. The highest BCUT2D eigenvalue weighted by atomic mass is 32.2. The number of nitrogens with one attached hydrogen (secondary N) is 1. The molecule has 2 heterocycles. The average molecular weight is 420 g/mol. The Bertz CT molecular complexity index is 1230. The summed E-state index contributed by atoms with van der Waals surface area (Å²) in [5.41, 5.74) is 5.79. The lowest BCUT2D eigenvalue weighted by Crippen LogP contribution is -2.17. The zero-order valence-corrected chi connectivity index (χ0v) is 18.5. The first-order valence-corrected chi connectivity index (χ1v) is 11.1. The highest BCUT2D eigenvalue weighted by Gasteiger charge is 2.16. The molecular formula is C23H25N5OS. The van der Waals surface area contributed by atoms with E-state index in [-0.39, 0.29) is 11.7 Å².